The first-order valence-corrected chi connectivity index (χ1v) is 5.46. The first-order chi connectivity index (χ1) is 8.58. The highest BCUT2D eigenvalue weighted by Gasteiger charge is 2.13. The summed E-state index contributed by atoms with van der Waals surface area (Å²) in [6.07, 6.45) is 0.316. The number of carbonyl (C=O) groups excluding carboxylic acids is 1. The molecule has 6 heteroatoms. The Balaban J connectivity index is 2.68. The number of benzene rings is 1. The second-order valence-electron chi connectivity index (χ2n) is 3.60. The summed E-state index contributed by atoms with van der Waals surface area (Å²) in [5.74, 6) is -2.60. The number of carbonyl (C=O) groups is 1. The predicted octanol–water partition coefficient (Wildman–Crippen LogP) is 1.41. The van der Waals surface area contributed by atoms with Gasteiger partial charge in [0.2, 0.25) is 0 Å². The standard InChI is InChI=1S/C12H15F2NO3/c1-17-11(16)3-5-18-12-9(13)6-8(2-4-15)7-10(12)14/h6-7H,2-5,15H2,1H3. The number of methoxy groups -OCH3 is 1. The molecule has 0 aliphatic carbocycles. The smallest absolute Gasteiger partial charge is 0.308 e. The van der Waals surface area contributed by atoms with Crippen molar-refractivity contribution < 1.29 is 23.0 Å². The van der Waals surface area contributed by atoms with Crippen molar-refractivity contribution in [3.8, 4) is 5.75 Å². The van der Waals surface area contributed by atoms with Gasteiger partial charge in [-0.15, -0.1) is 0 Å². The van der Waals surface area contributed by atoms with Gasteiger partial charge in [-0.05, 0) is 30.7 Å². The Labute approximate surface area is 104 Å². The fourth-order valence-electron chi connectivity index (χ4n) is 1.40. The van der Waals surface area contributed by atoms with E-state index in [-0.39, 0.29) is 13.0 Å². The summed E-state index contributed by atoms with van der Waals surface area (Å²) in [6, 6.07) is 2.34. The van der Waals surface area contributed by atoms with Gasteiger partial charge < -0.3 is 15.2 Å². The number of nitrogens with two attached hydrogens (primary N) is 1. The summed E-state index contributed by atoms with van der Waals surface area (Å²) in [6.45, 7) is 0.165. The second-order valence-corrected chi connectivity index (χ2v) is 3.60. The number of esters is 1. The molecule has 0 unspecified atom stereocenters. The van der Waals surface area contributed by atoms with E-state index in [1.165, 1.54) is 19.2 Å². The lowest BCUT2D eigenvalue weighted by Gasteiger charge is -2.09. The summed E-state index contributed by atoms with van der Waals surface area (Å²) in [4.78, 5) is 10.8. The zero-order chi connectivity index (χ0) is 13.5. The van der Waals surface area contributed by atoms with E-state index in [1.807, 2.05) is 0 Å². The van der Waals surface area contributed by atoms with Crippen molar-refractivity contribution in [2.24, 2.45) is 5.73 Å². The van der Waals surface area contributed by atoms with Gasteiger partial charge in [-0.3, -0.25) is 4.79 Å². The van der Waals surface area contributed by atoms with Crippen LogP contribution < -0.4 is 10.5 Å². The second kappa shape index (κ2) is 6.90. The summed E-state index contributed by atoms with van der Waals surface area (Å²) in [5.41, 5.74) is 5.77. The molecule has 0 radical (unpaired) electrons. The summed E-state index contributed by atoms with van der Waals surface area (Å²) < 4.78 is 36.3. The van der Waals surface area contributed by atoms with Crippen LogP contribution in [0.2, 0.25) is 0 Å². The van der Waals surface area contributed by atoms with E-state index in [0.717, 1.165) is 0 Å². The maximum Gasteiger partial charge on any atom is 0.308 e. The average Bonchev–Trinajstić information content (AvgIpc) is 2.32. The minimum Gasteiger partial charge on any atom is -0.487 e. The Morgan fingerprint density at radius 2 is 1.94 bits per heavy atom. The van der Waals surface area contributed by atoms with Crippen LogP contribution in [0.1, 0.15) is 12.0 Å². The molecule has 0 saturated heterocycles. The highest BCUT2D eigenvalue weighted by molar-refractivity contribution is 5.69. The SMILES string of the molecule is COC(=O)CCOc1c(F)cc(CCN)cc1F. The van der Waals surface area contributed by atoms with E-state index in [9.17, 15) is 13.6 Å². The van der Waals surface area contributed by atoms with E-state index < -0.39 is 23.4 Å². The fraction of sp³-hybridized carbons (Fsp3) is 0.417. The van der Waals surface area contributed by atoms with E-state index in [2.05, 4.69) is 4.74 Å². The topological polar surface area (TPSA) is 61.5 Å². The monoisotopic (exact) mass is 259 g/mol. The molecule has 0 aliphatic rings. The molecule has 0 aromatic heterocycles. The fourth-order valence-corrected chi connectivity index (χ4v) is 1.40. The van der Waals surface area contributed by atoms with Crippen LogP contribution in [0.4, 0.5) is 8.78 Å². The highest BCUT2D eigenvalue weighted by Crippen LogP contribution is 2.23. The molecule has 18 heavy (non-hydrogen) atoms. The normalized spacial score (nSPS) is 10.2. The molecule has 0 saturated carbocycles. The molecule has 0 amide bonds. The van der Waals surface area contributed by atoms with Crippen molar-refractivity contribution in [2.75, 3.05) is 20.3 Å². The Hall–Kier alpha value is -1.69. The van der Waals surface area contributed by atoms with E-state index in [0.29, 0.717) is 18.5 Å². The minimum atomic E-state index is -0.802. The van der Waals surface area contributed by atoms with Crippen LogP contribution >= 0.6 is 0 Å². The molecule has 1 rings (SSSR count). The lowest BCUT2D eigenvalue weighted by molar-refractivity contribution is -0.141. The predicted molar refractivity (Wildman–Crippen MR) is 61.2 cm³/mol. The lowest BCUT2D eigenvalue weighted by atomic mass is 10.1. The van der Waals surface area contributed by atoms with Crippen LogP contribution in [-0.2, 0) is 16.0 Å². The van der Waals surface area contributed by atoms with Gasteiger partial charge in [0.25, 0.3) is 0 Å². The summed E-state index contributed by atoms with van der Waals surface area (Å²) in [7, 11) is 1.23. The Morgan fingerprint density at radius 3 is 2.44 bits per heavy atom. The van der Waals surface area contributed by atoms with Gasteiger partial charge in [-0.2, -0.15) is 0 Å². The van der Waals surface area contributed by atoms with Crippen molar-refractivity contribution in [1.82, 2.24) is 0 Å². The zero-order valence-corrected chi connectivity index (χ0v) is 10.0. The summed E-state index contributed by atoms with van der Waals surface area (Å²) in [5, 5.41) is 0. The van der Waals surface area contributed by atoms with Gasteiger partial charge in [0.05, 0.1) is 20.1 Å². The number of halogens is 2. The average molecular weight is 259 g/mol. The van der Waals surface area contributed by atoms with Gasteiger partial charge in [-0.25, -0.2) is 8.78 Å². The highest BCUT2D eigenvalue weighted by atomic mass is 19.1. The quantitative estimate of drug-likeness (QED) is 0.785. The van der Waals surface area contributed by atoms with E-state index in [4.69, 9.17) is 10.5 Å². The zero-order valence-electron chi connectivity index (χ0n) is 10.0. The molecular formula is C12H15F2NO3. The van der Waals surface area contributed by atoms with Gasteiger partial charge in [-0.1, -0.05) is 0 Å². The number of rotatable bonds is 6. The molecule has 1 aromatic rings. The molecular weight excluding hydrogens is 244 g/mol. The largest absolute Gasteiger partial charge is 0.487 e. The molecule has 0 bridgehead atoms. The van der Waals surface area contributed by atoms with Crippen molar-refractivity contribution in [3.63, 3.8) is 0 Å². The lowest BCUT2D eigenvalue weighted by Crippen LogP contribution is -2.10. The molecule has 0 heterocycles. The third-order valence-electron chi connectivity index (χ3n) is 2.27. The van der Waals surface area contributed by atoms with Gasteiger partial charge in [0.1, 0.15) is 0 Å². The third kappa shape index (κ3) is 3.96. The number of hydrogen-bond donors (Lipinski definition) is 1. The van der Waals surface area contributed by atoms with E-state index in [1.54, 1.807) is 0 Å². The van der Waals surface area contributed by atoms with Gasteiger partial charge >= 0.3 is 5.97 Å². The van der Waals surface area contributed by atoms with Crippen molar-refractivity contribution >= 4 is 5.97 Å². The molecule has 1 aromatic carbocycles. The van der Waals surface area contributed by atoms with Crippen molar-refractivity contribution in [2.45, 2.75) is 12.8 Å². The van der Waals surface area contributed by atoms with Crippen LogP contribution in [0, 0.1) is 11.6 Å². The molecule has 0 fully saturated rings. The van der Waals surface area contributed by atoms with Crippen LogP contribution in [-0.4, -0.2) is 26.2 Å². The first-order valence-electron chi connectivity index (χ1n) is 5.46. The maximum absolute atomic E-state index is 13.5. The molecule has 0 spiro atoms. The molecule has 0 atom stereocenters. The van der Waals surface area contributed by atoms with Gasteiger partial charge in [0.15, 0.2) is 17.4 Å². The Morgan fingerprint density at radius 1 is 1.33 bits per heavy atom. The summed E-state index contributed by atoms with van der Waals surface area (Å²) >= 11 is 0. The Bertz CT molecular complexity index is 401. The third-order valence-corrected chi connectivity index (χ3v) is 2.27. The van der Waals surface area contributed by atoms with Crippen LogP contribution in [0.15, 0.2) is 12.1 Å². The first kappa shape index (κ1) is 14.4. The maximum atomic E-state index is 13.5. The van der Waals surface area contributed by atoms with Crippen LogP contribution in [0.5, 0.6) is 5.75 Å². The molecule has 2 N–H and O–H groups in total. The van der Waals surface area contributed by atoms with Crippen LogP contribution in [0.25, 0.3) is 0 Å². The minimum absolute atomic E-state index is 0.0695. The van der Waals surface area contributed by atoms with Crippen molar-refractivity contribution in [3.05, 3.63) is 29.3 Å². The Kier molecular flexibility index (Phi) is 5.51. The van der Waals surface area contributed by atoms with Gasteiger partial charge in [0, 0.05) is 0 Å². The van der Waals surface area contributed by atoms with E-state index >= 15 is 0 Å². The molecule has 0 aliphatic heterocycles. The number of hydrogen-bond acceptors (Lipinski definition) is 4. The number of ether oxygens (including phenoxy) is 2. The van der Waals surface area contributed by atoms with Crippen molar-refractivity contribution in [1.29, 1.82) is 0 Å². The van der Waals surface area contributed by atoms with Crippen LogP contribution in [0.3, 0.4) is 0 Å². The molecule has 100 valence electrons. The molecule has 4 nitrogen and oxygen atoms in total.